The smallest absolute Gasteiger partial charge is 0.143 e. The highest BCUT2D eigenvalue weighted by Crippen LogP contribution is 2.50. The van der Waals surface area contributed by atoms with Crippen LogP contribution in [0.25, 0.3) is 99.2 Å². The molecule has 10 rings (SSSR count). The fraction of sp³-hybridized carbons (Fsp3) is 0. The summed E-state index contributed by atoms with van der Waals surface area (Å²) in [4.78, 5) is 0. The lowest BCUT2D eigenvalue weighted by atomic mass is 9.83. The third-order valence-corrected chi connectivity index (χ3v) is 9.70. The summed E-state index contributed by atoms with van der Waals surface area (Å²) in [5.41, 5.74) is 10.6. The molecule has 0 bridgehead atoms. The van der Waals surface area contributed by atoms with Gasteiger partial charge in [-0.3, -0.25) is 0 Å². The van der Waals surface area contributed by atoms with Crippen LogP contribution in [0.5, 0.6) is 0 Å². The van der Waals surface area contributed by atoms with Gasteiger partial charge < -0.3 is 8.83 Å². The highest BCUT2D eigenvalue weighted by molar-refractivity contribution is 6.25. The summed E-state index contributed by atoms with van der Waals surface area (Å²) in [6.45, 7) is 0. The maximum atomic E-state index is 6.78. The fourth-order valence-electron chi connectivity index (χ4n) is 7.68. The van der Waals surface area contributed by atoms with E-state index in [4.69, 9.17) is 8.83 Å². The van der Waals surface area contributed by atoms with Crippen LogP contribution in [0, 0.1) is 0 Å². The first kappa shape index (κ1) is 26.8. The highest BCUT2D eigenvalue weighted by atomic mass is 16.3. The van der Waals surface area contributed by atoms with Crippen molar-refractivity contribution in [3.8, 4) is 44.7 Å². The average Bonchev–Trinajstić information content (AvgIpc) is 3.73. The van der Waals surface area contributed by atoms with Gasteiger partial charge in [0.2, 0.25) is 0 Å². The lowest BCUT2D eigenvalue weighted by Gasteiger charge is -2.19. The van der Waals surface area contributed by atoms with Gasteiger partial charge >= 0.3 is 0 Å². The van der Waals surface area contributed by atoms with Crippen LogP contribution in [-0.4, -0.2) is 0 Å². The first-order valence-corrected chi connectivity index (χ1v) is 16.4. The number of hydrogen-bond donors (Lipinski definition) is 0. The molecule has 0 saturated heterocycles. The zero-order valence-electron chi connectivity index (χ0n) is 26.0. The van der Waals surface area contributed by atoms with Gasteiger partial charge in [-0.25, -0.2) is 0 Å². The van der Waals surface area contributed by atoms with Gasteiger partial charge in [0.15, 0.2) is 0 Å². The van der Waals surface area contributed by atoms with E-state index in [1.54, 1.807) is 0 Å². The van der Waals surface area contributed by atoms with Gasteiger partial charge in [-0.05, 0) is 50.4 Å². The predicted octanol–water partition coefficient (Wildman–Crippen LogP) is 13.3. The van der Waals surface area contributed by atoms with Gasteiger partial charge in [-0.2, -0.15) is 0 Å². The minimum absolute atomic E-state index is 0.877. The molecule has 2 heteroatoms. The van der Waals surface area contributed by atoms with Crippen molar-refractivity contribution in [2.45, 2.75) is 0 Å². The maximum Gasteiger partial charge on any atom is 0.143 e. The Morgan fingerprint density at radius 3 is 1.40 bits per heavy atom. The van der Waals surface area contributed by atoms with Crippen molar-refractivity contribution >= 4 is 54.5 Å². The van der Waals surface area contributed by atoms with Crippen LogP contribution < -0.4 is 0 Å². The first-order valence-electron chi connectivity index (χ1n) is 16.4. The molecule has 0 fully saturated rings. The standard InChI is InChI=1S/C46H28O2/c1-2-15-29(16-3-1)42-38-24-11-13-28-41(38)48-46(42)37-23-9-8-22-35(37)43-31-18-4-6-20-33(31)44(34-21-7-5-19-32(34)43)39-26-14-25-36-30-17-10-12-27-40(30)47-45(36)39/h1-28H. The van der Waals surface area contributed by atoms with Gasteiger partial charge in [0.1, 0.15) is 22.5 Å². The van der Waals surface area contributed by atoms with Gasteiger partial charge in [-0.15, -0.1) is 0 Å². The number of benzene rings is 8. The Labute approximate surface area is 277 Å². The minimum atomic E-state index is 0.877. The highest BCUT2D eigenvalue weighted by Gasteiger charge is 2.24. The maximum absolute atomic E-state index is 6.78. The van der Waals surface area contributed by atoms with Crippen molar-refractivity contribution in [2.75, 3.05) is 0 Å². The Morgan fingerprint density at radius 1 is 0.271 bits per heavy atom. The Bertz CT molecular complexity index is 2780. The first-order chi connectivity index (χ1) is 23.8. The molecule has 0 amide bonds. The van der Waals surface area contributed by atoms with E-state index in [1.807, 2.05) is 12.1 Å². The Kier molecular flexibility index (Phi) is 5.91. The van der Waals surface area contributed by atoms with E-state index in [0.717, 1.165) is 66.5 Å². The predicted molar refractivity (Wildman–Crippen MR) is 200 cm³/mol. The second kappa shape index (κ2) is 10.6. The molecule has 224 valence electrons. The summed E-state index contributed by atoms with van der Waals surface area (Å²) < 4.78 is 13.4. The van der Waals surface area contributed by atoms with Crippen molar-refractivity contribution in [1.29, 1.82) is 0 Å². The van der Waals surface area contributed by atoms with Crippen molar-refractivity contribution < 1.29 is 8.83 Å². The van der Waals surface area contributed by atoms with Crippen LogP contribution in [0.1, 0.15) is 0 Å². The number of furan rings is 2. The van der Waals surface area contributed by atoms with Crippen molar-refractivity contribution in [2.24, 2.45) is 0 Å². The molecule has 10 aromatic rings. The molecule has 0 aliphatic carbocycles. The summed E-state index contributed by atoms with van der Waals surface area (Å²) >= 11 is 0. The number of hydrogen-bond acceptors (Lipinski definition) is 2. The van der Waals surface area contributed by atoms with E-state index in [9.17, 15) is 0 Å². The Balaban J connectivity index is 1.31. The minimum Gasteiger partial charge on any atom is -0.455 e. The van der Waals surface area contributed by atoms with Crippen molar-refractivity contribution in [3.63, 3.8) is 0 Å². The van der Waals surface area contributed by atoms with E-state index in [0.29, 0.717) is 0 Å². The third-order valence-electron chi connectivity index (χ3n) is 9.70. The molecule has 48 heavy (non-hydrogen) atoms. The molecule has 0 aliphatic rings. The van der Waals surface area contributed by atoms with Crippen LogP contribution in [0.4, 0.5) is 0 Å². The fourth-order valence-corrected chi connectivity index (χ4v) is 7.68. The summed E-state index contributed by atoms with van der Waals surface area (Å²) in [5.74, 6) is 0.877. The van der Waals surface area contributed by atoms with Crippen molar-refractivity contribution in [3.05, 3.63) is 170 Å². The average molecular weight is 613 g/mol. The Morgan fingerprint density at radius 2 is 0.729 bits per heavy atom. The summed E-state index contributed by atoms with van der Waals surface area (Å²) in [5, 5.41) is 8.10. The normalized spacial score (nSPS) is 11.8. The van der Waals surface area contributed by atoms with E-state index < -0.39 is 0 Å². The van der Waals surface area contributed by atoms with Gasteiger partial charge in [-0.1, -0.05) is 158 Å². The number of para-hydroxylation sites is 3. The molecule has 0 atom stereocenters. The summed E-state index contributed by atoms with van der Waals surface area (Å²) in [7, 11) is 0. The quantitative estimate of drug-likeness (QED) is 0.185. The van der Waals surface area contributed by atoms with Crippen LogP contribution in [-0.2, 0) is 0 Å². The zero-order chi connectivity index (χ0) is 31.6. The van der Waals surface area contributed by atoms with Gasteiger partial charge in [0.05, 0.1) is 0 Å². The Hall–Kier alpha value is -6.38. The molecule has 0 spiro atoms. The molecule has 0 unspecified atom stereocenters. The molecule has 2 aromatic heterocycles. The second-order valence-electron chi connectivity index (χ2n) is 12.3. The number of fused-ring (bicyclic) bond motifs is 6. The zero-order valence-corrected chi connectivity index (χ0v) is 26.0. The molecule has 0 radical (unpaired) electrons. The second-order valence-corrected chi connectivity index (χ2v) is 12.3. The molecule has 2 heterocycles. The molecule has 8 aromatic carbocycles. The monoisotopic (exact) mass is 612 g/mol. The van der Waals surface area contributed by atoms with E-state index in [2.05, 4.69) is 158 Å². The molecule has 0 aliphatic heterocycles. The largest absolute Gasteiger partial charge is 0.455 e. The molecule has 0 N–H and O–H groups in total. The lowest BCUT2D eigenvalue weighted by Crippen LogP contribution is -1.93. The molecular weight excluding hydrogens is 585 g/mol. The van der Waals surface area contributed by atoms with Crippen LogP contribution in [0.2, 0.25) is 0 Å². The van der Waals surface area contributed by atoms with E-state index in [-0.39, 0.29) is 0 Å². The third kappa shape index (κ3) is 3.93. The lowest BCUT2D eigenvalue weighted by molar-refractivity contribution is 0.632. The topological polar surface area (TPSA) is 26.3 Å². The number of rotatable bonds is 4. The van der Waals surface area contributed by atoms with E-state index >= 15 is 0 Å². The van der Waals surface area contributed by atoms with Crippen LogP contribution >= 0.6 is 0 Å². The SMILES string of the molecule is c1ccc(-c2c(-c3ccccc3-c3c4ccccc4c(-c4cccc5c4oc4ccccc45)c4ccccc34)oc3ccccc23)cc1. The van der Waals surface area contributed by atoms with Crippen molar-refractivity contribution in [1.82, 2.24) is 0 Å². The molecular formula is C46H28O2. The molecule has 0 saturated carbocycles. The van der Waals surface area contributed by atoms with Crippen LogP contribution in [0.15, 0.2) is 179 Å². The van der Waals surface area contributed by atoms with Gasteiger partial charge in [0.25, 0.3) is 0 Å². The summed E-state index contributed by atoms with van der Waals surface area (Å²) in [6.07, 6.45) is 0. The van der Waals surface area contributed by atoms with Crippen LogP contribution in [0.3, 0.4) is 0 Å². The summed E-state index contributed by atoms with van der Waals surface area (Å²) in [6, 6.07) is 60.0. The van der Waals surface area contributed by atoms with E-state index in [1.165, 1.54) is 32.7 Å². The van der Waals surface area contributed by atoms with Gasteiger partial charge in [0, 0.05) is 38.4 Å². The molecule has 2 nitrogen and oxygen atoms in total.